The highest BCUT2D eigenvalue weighted by atomic mass is 16.5. The number of rotatable bonds is 4. The maximum Gasteiger partial charge on any atom is 0.112 e. The molecule has 112 valence electrons. The zero-order valence-electron chi connectivity index (χ0n) is 12.4. The Bertz CT molecular complexity index is 651. The summed E-state index contributed by atoms with van der Waals surface area (Å²) in [6, 6.07) is 8.19. The predicted molar refractivity (Wildman–Crippen MR) is 81.1 cm³/mol. The first kappa shape index (κ1) is 13.3. The highest BCUT2D eigenvalue weighted by Crippen LogP contribution is 2.41. The topological polar surface area (TPSA) is 47.3 Å². The molecule has 21 heavy (non-hydrogen) atoms. The van der Waals surface area contributed by atoms with Gasteiger partial charge < -0.3 is 14.4 Å². The number of aryl methyl sites for hydroxylation is 1. The van der Waals surface area contributed by atoms with E-state index >= 15 is 0 Å². The van der Waals surface area contributed by atoms with Gasteiger partial charge in [0.25, 0.3) is 0 Å². The van der Waals surface area contributed by atoms with Gasteiger partial charge in [-0.25, -0.2) is 4.98 Å². The summed E-state index contributed by atoms with van der Waals surface area (Å²) < 4.78 is 8.09. The maximum absolute atomic E-state index is 10.6. The molecule has 2 aliphatic rings. The van der Waals surface area contributed by atoms with Crippen molar-refractivity contribution in [2.45, 2.75) is 57.5 Å². The van der Waals surface area contributed by atoms with Crippen LogP contribution >= 0.6 is 0 Å². The lowest BCUT2D eigenvalue weighted by molar-refractivity contribution is 0.0420. The standard InChI is InChI=1S/C17H22N2O2/c1-2-19-14-6-4-3-5-13(14)18-17(19)10-15(20)12-9-11-7-8-16(12)21-11/h3-6,11-12,15-16,20H,2,7-10H2,1H3. The lowest BCUT2D eigenvalue weighted by Crippen LogP contribution is -2.31. The number of nitrogens with zero attached hydrogens (tertiary/aromatic N) is 2. The number of aromatic nitrogens is 2. The van der Waals surface area contributed by atoms with Gasteiger partial charge in [0.05, 0.1) is 29.3 Å². The number of hydrogen-bond donors (Lipinski definition) is 1. The molecule has 2 aliphatic heterocycles. The van der Waals surface area contributed by atoms with Crippen LogP contribution in [-0.4, -0.2) is 33.0 Å². The molecule has 2 aromatic rings. The van der Waals surface area contributed by atoms with Gasteiger partial charge in [0.15, 0.2) is 0 Å². The molecule has 1 aromatic heterocycles. The molecule has 1 N–H and O–H groups in total. The van der Waals surface area contributed by atoms with E-state index in [0.717, 1.165) is 36.2 Å². The lowest BCUT2D eigenvalue weighted by Gasteiger charge is -2.24. The molecule has 1 aromatic carbocycles. The number of benzene rings is 1. The molecule has 0 spiro atoms. The van der Waals surface area contributed by atoms with E-state index in [-0.39, 0.29) is 18.1 Å². The zero-order valence-corrected chi connectivity index (χ0v) is 12.4. The van der Waals surface area contributed by atoms with Crippen LogP contribution in [0.4, 0.5) is 0 Å². The fourth-order valence-corrected chi connectivity index (χ4v) is 4.05. The summed E-state index contributed by atoms with van der Waals surface area (Å²) >= 11 is 0. The quantitative estimate of drug-likeness (QED) is 0.939. The number of imidazole rings is 1. The van der Waals surface area contributed by atoms with Crippen molar-refractivity contribution < 1.29 is 9.84 Å². The molecule has 4 heteroatoms. The molecule has 4 unspecified atom stereocenters. The van der Waals surface area contributed by atoms with Crippen molar-refractivity contribution in [2.75, 3.05) is 0 Å². The average Bonchev–Trinajstić information content (AvgIpc) is 3.20. The molecular formula is C17H22N2O2. The maximum atomic E-state index is 10.6. The molecule has 2 saturated heterocycles. The van der Waals surface area contributed by atoms with Gasteiger partial charge in [-0.2, -0.15) is 0 Å². The Kier molecular flexibility index (Phi) is 3.23. The molecular weight excluding hydrogens is 264 g/mol. The Hall–Kier alpha value is -1.39. The monoisotopic (exact) mass is 286 g/mol. The third-order valence-corrected chi connectivity index (χ3v) is 5.09. The van der Waals surface area contributed by atoms with Crippen LogP contribution in [0.25, 0.3) is 11.0 Å². The van der Waals surface area contributed by atoms with Crippen LogP contribution in [0.15, 0.2) is 24.3 Å². The Morgan fingerprint density at radius 2 is 2.24 bits per heavy atom. The van der Waals surface area contributed by atoms with Crippen molar-refractivity contribution in [2.24, 2.45) is 5.92 Å². The Balaban J connectivity index is 1.59. The smallest absolute Gasteiger partial charge is 0.112 e. The van der Waals surface area contributed by atoms with Crippen molar-refractivity contribution in [1.29, 1.82) is 0 Å². The summed E-state index contributed by atoms with van der Waals surface area (Å²) in [4.78, 5) is 4.72. The van der Waals surface area contributed by atoms with Crippen LogP contribution in [0.2, 0.25) is 0 Å². The number of fused-ring (bicyclic) bond motifs is 3. The van der Waals surface area contributed by atoms with Crippen molar-refractivity contribution >= 4 is 11.0 Å². The second kappa shape index (κ2) is 5.11. The van der Waals surface area contributed by atoms with Crippen molar-refractivity contribution in [3.05, 3.63) is 30.1 Å². The highest BCUT2D eigenvalue weighted by Gasteiger charge is 2.44. The fourth-order valence-electron chi connectivity index (χ4n) is 4.05. The van der Waals surface area contributed by atoms with Gasteiger partial charge >= 0.3 is 0 Å². The largest absolute Gasteiger partial charge is 0.392 e. The van der Waals surface area contributed by atoms with Gasteiger partial charge in [-0.1, -0.05) is 12.1 Å². The van der Waals surface area contributed by atoms with Crippen LogP contribution in [0.3, 0.4) is 0 Å². The van der Waals surface area contributed by atoms with E-state index in [1.54, 1.807) is 0 Å². The second-order valence-electron chi connectivity index (χ2n) is 6.31. The molecule has 0 radical (unpaired) electrons. The third kappa shape index (κ3) is 2.17. The first-order chi connectivity index (χ1) is 10.3. The normalized spacial score (nSPS) is 29.3. The van der Waals surface area contributed by atoms with E-state index in [0.29, 0.717) is 12.5 Å². The summed E-state index contributed by atoms with van der Waals surface area (Å²) in [5.74, 6) is 1.28. The first-order valence-electron chi connectivity index (χ1n) is 8.04. The SMILES string of the molecule is CCn1c(CC(O)C2CC3CCC2O3)nc2ccccc21. The molecule has 4 atom stereocenters. The third-order valence-electron chi connectivity index (χ3n) is 5.09. The lowest BCUT2D eigenvalue weighted by atomic mass is 9.84. The van der Waals surface area contributed by atoms with Gasteiger partial charge in [-0.15, -0.1) is 0 Å². The molecule has 3 heterocycles. The Labute approximate surface area is 124 Å². The molecule has 2 fully saturated rings. The second-order valence-corrected chi connectivity index (χ2v) is 6.31. The fraction of sp³-hybridized carbons (Fsp3) is 0.588. The Morgan fingerprint density at radius 3 is 2.95 bits per heavy atom. The number of para-hydroxylation sites is 2. The van der Waals surface area contributed by atoms with E-state index in [1.807, 2.05) is 18.2 Å². The van der Waals surface area contributed by atoms with Crippen LogP contribution in [-0.2, 0) is 17.7 Å². The van der Waals surface area contributed by atoms with E-state index in [9.17, 15) is 5.11 Å². The minimum Gasteiger partial charge on any atom is -0.392 e. The summed E-state index contributed by atoms with van der Waals surface area (Å²) in [5.41, 5.74) is 2.18. The summed E-state index contributed by atoms with van der Waals surface area (Å²) in [6.45, 7) is 3.01. The molecule has 4 rings (SSSR count). The van der Waals surface area contributed by atoms with Gasteiger partial charge in [0.1, 0.15) is 5.82 Å². The molecule has 0 saturated carbocycles. The van der Waals surface area contributed by atoms with E-state index in [4.69, 9.17) is 9.72 Å². The van der Waals surface area contributed by atoms with E-state index in [2.05, 4.69) is 17.6 Å². The molecule has 4 nitrogen and oxygen atoms in total. The van der Waals surface area contributed by atoms with E-state index < -0.39 is 0 Å². The number of hydrogen-bond acceptors (Lipinski definition) is 3. The number of aliphatic hydroxyl groups is 1. The molecule has 0 amide bonds. The summed E-state index contributed by atoms with van der Waals surface area (Å²) in [7, 11) is 0. The minimum atomic E-state index is -0.345. The van der Waals surface area contributed by atoms with Crippen molar-refractivity contribution in [3.63, 3.8) is 0 Å². The van der Waals surface area contributed by atoms with Gasteiger partial charge in [-0.3, -0.25) is 0 Å². The van der Waals surface area contributed by atoms with Gasteiger partial charge in [0.2, 0.25) is 0 Å². The highest BCUT2D eigenvalue weighted by molar-refractivity contribution is 5.75. The minimum absolute atomic E-state index is 0.268. The Morgan fingerprint density at radius 1 is 1.38 bits per heavy atom. The average molecular weight is 286 g/mol. The van der Waals surface area contributed by atoms with Crippen LogP contribution in [0.1, 0.15) is 32.0 Å². The first-order valence-corrected chi connectivity index (χ1v) is 8.04. The number of ether oxygens (including phenoxy) is 1. The van der Waals surface area contributed by atoms with Gasteiger partial charge in [0, 0.05) is 18.9 Å². The molecule has 2 bridgehead atoms. The van der Waals surface area contributed by atoms with E-state index in [1.165, 1.54) is 6.42 Å². The van der Waals surface area contributed by atoms with Gasteiger partial charge in [-0.05, 0) is 38.3 Å². The van der Waals surface area contributed by atoms with Crippen molar-refractivity contribution in [1.82, 2.24) is 9.55 Å². The zero-order chi connectivity index (χ0) is 14.4. The number of aliphatic hydroxyl groups excluding tert-OH is 1. The summed E-state index contributed by atoms with van der Waals surface area (Å²) in [5, 5.41) is 10.6. The van der Waals surface area contributed by atoms with Crippen LogP contribution < -0.4 is 0 Å². The summed E-state index contributed by atoms with van der Waals surface area (Å²) in [6.07, 6.45) is 4.22. The van der Waals surface area contributed by atoms with Crippen molar-refractivity contribution in [3.8, 4) is 0 Å². The predicted octanol–water partition coefficient (Wildman–Crippen LogP) is 2.53. The van der Waals surface area contributed by atoms with Crippen LogP contribution in [0.5, 0.6) is 0 Å². The van der Waals surface area contributed by atoms with Crippen LogP contribution in [0, 0.1) is 5.92 Å². The molecule has 0 aliphatic carbocycles.